The second-order valence-corrected chi connectivity index (χ2v) is 7.61. The fraction of sp³-hybridized carbons (Fsp3) is 0.591. The standard InChI is InChI=1S/C17H24N4O4.C3H8.C2H6/c1-17(2,3)13(14(18)22)19-15(23)21-12-8-6-5-7-11(12)20(16(21)24)9-10-25-4;1-3-2;1-2/h5-8,13H,9-10H2,1-4H3,(H2,18,22)(H,19,23);3H2,1-2H3;1-2H3/t13-;;/m1../s1. The first-order chi connectivity index (χ1) is 14.1. The molecule has 0 spiro atoms. The Kier molecular flexibility index (Phi) is 11.7. The minimum absolute atomic E-state index is 0.314. The molecule has 30 heavy (non-hydrogen) atoms. The number of rotatable bonds is 5. The van der Waals surface area contributed by atoms with E-state index in [1.807, 2.05) is 13.8 Å². The number of methoxy groups -OCH3 is 1. The molecule has 1 atom stereocenters. The molecule has 0 saturated heterocycles. The summed E-state index contributed by atoms with van der Waals surface area (Å²) in [4.78, 5) is 37.2. The Labute approximate surface area is 179 Å². The highest BCUT2D eigenvalue weighted by atomic mass is 16.5. The first kappa shape index (κ1) is 27.4. The second-order valence-electron chi connectivity index (χ2n) is 7.61. The predicted octanol–water partition coefficient (Wildman–Crippen LogP) is 3.35. The number of aromatic nitrogens is 2. The third kappa shape index (κ3) is 7.02. The van der Waals surface area contributed by atoms with Gasteiger partial charge in [-0.25, -0.2) is 14.2 Å². The largest absolute Gasteiger partial charge is 0.383 e. The summed E-state index contributed by atoms with van der Waals surface area (Å²) < 4.78 is 7.52. The molecule has 8 heteroatoms. The van der Waals surface area contributed by atoms with E-state index < -0.39 is 29.1 Å². The SMILES string of the molecule is CC.CCC.COCCn1c(=O)n(C(=O)N[C@H](C(N)=O)C(C)(C)C)c2ccccc21. The van der Waals surface area contributed by atoms with E-state index in [0.717, 1.165) is 4.57 Å². The molecule has 1 aromatic carbocycles. The topological polar surface area (TPSA) is 108 Å². The summed E-state index contributed by atoms with van der Waals surface area (Å²) in [5.74, 6) is -0.656. The maximum Gasteiger partial charge on any atom is 0.337 e. The molecular formula is C22H38N4O4. The van der Waals surface area contributed by atoms with Crippen molar-refractivity contribution in [1.29, 1.82) is 0 Å². The molecule has 8 nitrogen and oxygen atoms in total. The van der Waals surface area contributed by atoms with Crippen molar-refractivity contribution in [2.75, 3.05) is 13.7 Å². The molecule has 0 bridgehead atoms. The number of nitrogens with two attached hydrogens (primary N) is 1. The summed E-state index contributed by atoms with van der Waals surface area (Å²) in [5, 5.41) is 2.58. The van der Waals surface area contributed by atoms with Crippen LogP contribution in [0.15, 0.2) is 29.1 Å². The van der Waals surface area contributed by atoms with E-state index in [-0.39, 0.29) is 0 Å². The van der Waals surface area contributed by atoms with Gasteiger partial charge in [-0.15, -0.1) is 0 Å². The van der Waals surface area contributed by atoms with Crippen molar-refractivity contribution in [3.05, 3.63) is 34.7 Å². The Balaban J connectivity index is 0.00000154. The van der Waals surface area contributed by atoms with E-state index in [1.165, 1.54) is 18.1 Å². The summed E-state index contributed by atoms with van der Waals surface area (Å²) in [6.45, 7) is 14.3. The maximum absolute atomic E-state index is 12.7. The van der Waals surface area contributed by atoms with Crippen molar-refractivity contribution in [1.82, 2.24) is 14.5 Å². The van der Waals surface area contributed by atoms with Crippen molar-refractivity contribution in [2.45, 2.75) is 67.5 Å². The van der Waals surface area contributed by atoms with Gasteiger partial charge in [-0.3, -0.25) is 9.36 Å². The van der Waals surface area contributed by atoms with Gasteiger partial charge in [-0.2, -0.15) is 0 Å². The van der Waals surface area contributed by atoms with Crippen LogP contribution in [0.25, 0.3) is 11.0 Å². The van der Waals surface area contributed by atoms with Crippen molar-refractivity contribution in [3.63, 3.8) is 0 Å². The van der Waals surface area contributed by atoms with Crippen molar-refractivity contribution in [3.8, 4) is 0 Å². The van der Waals surface area contributed by atoms with E-state index in [2.05, 4.69) is 19.2 Å². The third-order valence-corrected chi connectivity index (χ3v) is 3.98. The van der Waals surface area contributed by atoms with Crippen LogP contribution in [0.1, 0.15) is 54.9 Å². The Hall–Kier alpha value is -2.61. The summed E-state index contributed by atoms with van der Waals surface area (Å²) >= 11 is 0. The summed E-state index contributed by atoms with van der Waals surface area (Å²) in [7, 11) is 1.54. The van der Waals surface area contributed by atoms with Crippen LogP contribution in [0.3, 0.4) is 0 Å². The number of benzene rings is 1. The van der Waals surface area contributed by atoms with Crippen LogP contribution in [-0.2, 0) is 16.1 Å². The number of amides is 2. The van der Waals surface area contributed by atoms with Crippen LogP contribution in [0.4, 0.5) is 4.79 Å². The number of nitrogens with zero attached hydrogens (tertiary/aromatic N) is 2. The fourth-order valence-electron chi connectivity index (χ4n) is 2.71. The molecule has 0 fully saturated rings. The number of hydrogen-bond donors (Lipinski definition) is 2. The molecule has 0 saturated carbocycles. The van der Waals surface area contributed by atoms with Gasteiger partial charge in [0.25, 0.3) is 0 Å². The number of hydrogen-bond acceptors (Lipinski definition) is 4. The molecule has 170 valence electrons. The zero-order valence-electron chi connectivity index (χ0n) is 19.6. The van der Waals surface area contributed by atoms with Crippen molar-refractivity contribution >= 4 is 23.0 Å². The summed E-state index contributed by atoms with van der Waals surface area (Å²) in [6.07, 6.45) is 1.25. The number of primary amides is 1. The summed E-state index contributed by atoms with van der Waals surface area (Å²) in [6, 6.07) is 5.36. The lowest BCUT2D eigenvalue weighted by atomic mass is 9.86. The highest BCUT2D eigenvalue weighted by molar-refractivity contribution is 5.92. The lowest BCUT2D eigenvalue weighted by molar-refractivity contribution is -0.122. The minimum atomic E-state index is -0.909. The third-order valence-electron chi connectivity index (χ3n) is 3.98. The van der Waals surface area contributed by atoms with Crippen LogP contribution in [0, 0.1) is 5.41 Å². The van der Waals surface area contributed by atoms with E-state index in [4.69, 9.17) is 10.5 Å². The molecule has 2 amide bonds. The number of fused-ring (bicyclic) bond motifs is 1. The van der Waals surface area contributed by atoms with Gasteiger partial charge in [0.05, 0.1) is 24.2 Å². The van der Waals surface area contributed by atoms with Gasteiger partial charge >= 0.3 is 11.7 Å². The van der Waals surface area contributed by atoms with Crippen molar-refractivity contribution in [2.24, 2.45) is 11.1 Å². The van der Waals surface area contributed by atoms with E-state index in [9.17, 15) is 14.4 Å². The molecule has 3 N–H and O–H groups in total. The lowest BCUT2D eigenvalue weighted by Crippen LogP contribution is -2.54. The average molecular weight is 423 g/mol. The molecule has 0 radical (unpaired) electrons. The monoisotopic (exact) mass is 422 g/mol. The van der Waals surface area contributed by atoms with Gasteiger partial charge in [-0.05, 0) is 17.5 Å². The molecule has 2 aromatic rings. The van der Waals surface area contributed by atoms with Gasteiger partial charge in [0.15, 0.2) is 0 Å². The Bertz CT molecular complexity index is 862. The van der Waals surface area contributed by atoms with Gasteiger partial charge in [-0.1, -0.05) is 67.0 Å². The number of imidazole rings is 1. The van der Waals surface area contributed by atoms with E-state index in [0.29, 0.717) is 24.2 Å². The normalized spacial score (nSPS) is 11.6. The molecular weight excluding hydrogens is 384 g/mol. The van der Waals surface area contributed by atoms with Gasteiger partial charge < -0.3 is 15.8 Å². The van der Waals surface area contributed by atoms with Gasteiger partial charge in [0, 0.05) is 7.11 Å². The average Bonchev–Trinajstić information content (AvgIpc) is 2.96. The van der Waals surface area contributed by atoms with Crippen LogP contribution in [-0.4, -0.2) is 40.8 Å². The molecule has 0 unspecified atom stereocenters. The fourth-order valence-corrected chi connectivity index (χ4v) is 2.71. The smallest absolute Gasteiger partial charge is 0.337 e. The minimum Gasteiger partial charge on any atom is -0.383 e. The predicted molar refractivity (Wildman–Crippen MR) is 122 cm³/mol. The molecule has 0 aliphatic heterocycles. The molecule has 1 heterocycles. The Morgan fingerprint density at radius 2 is 1.63 bits per heavy atom. The molecule has 2 rings (SSSR count). The zero-order chi connectivity index (χ0) is 23.5. The number of nitrogens with one attached hydrogen (secondary N) is 1. The maximum atomic E-state index is 12.7. The molecule has 1 aromatic heterocycles. The quantitative estimate of drug-likeness (QED) is 0.770. The van der Waals surface area contributed by atoms with Gasteiger partial charge in [0.1, 0.15) is 6.04 Å². The number of carbonyl (C=O) groups excluding carboxylic acids is 2. The second kappa shape index (κ2) is 12.8. The highest BCUT2D eigenvalue weighted by Crippen LogP contribution is 2.19. The van der Waals surface area contributed by atoms with Crippen LogP contribution in [0.5, 0.6) is 0 Å². The number of ether oxygens (including phenoxy) is 1. The molecule has 0 aliphatic carbocycles. The molecule has 0 aliphatic rings. The first-order valence-corrected chi connectivity index (χ1v) is 10.4. The number of para-hydroxylation sites is 2. The summed E-state index contributed by atoms with van der Waals surface area (Å²) in [5.41, 5.74) is 5.40. The lowest BCUT2D eigenvalue weighted by Gasteiger charge is -2.28. The van der Waals surface area contributed by atoms with Crippen LogP contribution >= 0.6 is 0 Å². The highest BCUT2D eigenvalue weighted by Gasteiger charge is 2.32. The number of carbonyl (C=O) groups is 2. The Morgan fingerprint density at radius 3 is 2.07 bits per heavy atom. The van der Waals surface area contributed by atoms with E-state index >= 15 is 0 Å². The van der Waals surface area contributed by atoms with Gasteiger partial charge in [0.2, 0.25) is 5.91 Å². The van der Waals surface area contributed by atoms with E-state index in [1.54, 1.807) is 45.0 Å². The van der Waals surface area contributed by atoms with Crippen molar-refractivity contribution < 1.29 is 14.3 Å². The first-order valence-electron chi connectivity index (χ1n) is 10.4. The Morgan fingerprint density at radius 1 is 1.13 bits per heavy atom. The van der Waals surface area contributed by atoms with Crippen LogP contribution in [0.2, 0.25) is 0 Å². The van der Waals surface area contributed by atoms with Crippen LogP contribution < -0.4 is 16.7 Å². The zero-order valence-corrected chi connectivity index (χ0v) is 19.6.